The van der Waals surface area contributed by atoms with Crippen molar-refractivity contribution >= 4 is 17.9 Å². The third kappa shape index (κ3) is 7.78. The van der Waals surface area contributed by atoms with Gasteiger partial charge in [-0.3, -0.25) is 9.52 Å². The second-order valence-electron chi connectivity index (χ2n) is 1.39. The van der Waals surface area contributed by atoms with Crippen molar-refractivity contribution in [2.75, 3.05) is 19.4 Å². The van der Waals surface area contributed by atoms with Crippen LogP contribution in [-0.2, 0) is 9.53 Å². The van der Waals surface area contributed by atoms with E-state index in [9.17, 15) is 4.79 Å². The first-order chi connectivity index (χ1) is 4.27. The number of hydrogen-bond donors (Lipinski definition) is 1. The molecule has 0 atom stereocenters. The number of nitrogens with one attached hydrogen (secondary N) is 1. The second-order valence-corrected chi connectivity index (χ2v) is 2.50. The van der Waals surface area contributed by atoms with Crippen molar-refractivity contribution in [2.45, 2.75) is 6.92 Å². The molecule has 0 aromatic rings. The van der Waals surface area contributed by atoms with E-state index in [4.69, 9.17) is 0 Å². The molecule has 4 heteroatoms. The van der Waals surface area contributed by atoms with Gasteiger partial charge in [-0.1, -0.05) is 11.9 Å². The van der Waals surface area contributed by atoms with Crippen molar-refractivity contribution in [3.05, 3.63) is 0 Å². The number of rotatable bonds is 4. The molecule has 0 aliphatic heterocycles. The van der Waals surface area contributed by atoms with Gasteiger partial charge in [-0.25, -0.2) is 0 Å². The molecule has 0 fully saturated rings. The number of esters is 1. The Balaban J connectivity index is 2.83. The highest BCUT2D eigenvalue weighted by molar-refractivity contribution is 7.97. The summed E-state index contributed by atoms with van der Waals surface area (Å²) in [6.45, 7) is 1.89. The molecular formula is C5H11NO2S. The fourth-order valence-corrected chi connectivity index (χ4v) is 0.700. The standard InChI is InChI=1S/C5H11NO2S/c1-5(7)8-3-4-9-6-2/h6H,3-4H2,1-2H3. The lowest BCUT2D eigenvalue weighted by Gasteiger charge is -1.98. The van der Waals surface area contributed by atoms with Gasteiger partial charge in [0.15, 0.2) is 0 Å². The van der Waals surface area contributed by atoms with Gasteiger partial charge in [0.1, 0.15) is 6.61 Å². The molecule has 0 heterocycles. The van der Waals surface area contributed by atoms with Crippen LogP contribution in [0.15, 0.2) is 0 Å². The number of carbonyl (C=O) groups excluding carboxylic acids is 1. The smallest absolute Gasteiger partial charge is 0.302 e. The van der Waals surface area contributed by atoms with E-state index >= 15 is 0 Å². The Morgan fingerprint density at radius 1 is 1.78 bits per heavy atom. The zero-order valence-corrected chi connectivity index (χ0v) is 6.46. The van der Waals surface area contributed by atoms with Gasteiger partial charge in [-0.2, -0.15) is 0 Å². The van der Waals surface area contributed by atoms with E-state index in [1.807, 2.05) is 7.05 Å². The summed E-state index contributed by atoms with van der Waals surface area (Å²) in [5.41, 5.74) is 0. The fourth-order valence-electron chi connectivity index (χ4n) is 0.329. The Labute approximate surface area is 59.3 Å². The van der Waals surface area contributed by atoms with Gasteiger partial charge in [0.05, 0.1) is 0 Å². The summed E-state index contributed by atoms with van der Waals surface area (Å²) in [6.07, 6.45) is 0. The van der Waals surface area contributed by atoms with E-state index in [0.717, 1.165) is 5.75 Å². The van der Waals surface area contributed by atoms with E-state index < -0.39 is 0 Å². The summed E-state index contributed by atoms with van der Waals surface area (Å²) in [6, 6.07) is 0. The minimum absolute atomic E-state index is 0.216. The second kappa shape index (κ2) is 5.91. The molecule has 0 spiro atoms. The van der Waals surface area contributed by atoms with Crippen LogP contribution in [0.5, 0.6) is 0 Å². The largest absolute Gasteiger partial charge is 0.465 e. The first-order valence-corrected chi connectivity index (χ1v) is 3.68. The first-order valence-electron chi connectivity index (χ1n) is 2.69. The van der Waals surface area contributed by atoms with Crippen LogP contribution in [0.25, 0.3) is 0 Å². The van der Waals surface area contributed by atoms with E-state index in [1.54, 1.807) is 0 Å². The maximum absolute atomic E-state index is 10.2. The minimum atomic E-state index is -0.216. The molecule has 0 aromatic carbocycles. The van der Waals surface area contributed by atoms with Gasteiger partial charge in [0.25, 0.3) is 0 Å². The van der Waals surface area contributed by atoms with Gasteiger partial charge in [-0.15, -0.1) is 0 Å². The lowest BCUT2D eigenvalue weighted by Crippen LogP contribution is -2.05. The zero-order chi connectivity index (χ0) is 7.11. The SMILES string of the molecule is CNSCCOC(C)=O. The summed E-state index contributed by atoms with van der Waals surface area (Å²) < 4.78 is 7.51. The summed E-state index contributed by atoms with van der Waals surface area (Å²) in [5.74, 6) is 0.586. The number of hydrogen-bond acceptors (Lipinski definition) is 4. The van der Waals surface area contributed by atoms with Crippen molar-refractivity contribution < 1.29 is 9.53 Å². The maximum Gasteiger partial charge on any atom is 0.302 e. The van der Waals surface area contributed by atoms with Crippen molar-refractivity contribution in [2.24, 2.45) is 0 Å². The Hall–Kier alpha value is -0.220. The van der Waals surface area contributed by atoms with Crippen LogP contribution in [0, 0.1) is 0 Å². The van der Waals surface area contributed by atoms with Gasteiger partial charge in [0, 0.05) is 12.7 Å². The molecule has 0 rings (SSSR count). The van der Waals surface area contributed by atoms with Gasteiger partial charge in [0.2, 0.25) is 0 Å². The molecule has 0 aliphatic carbocycles. The van der Waals surface area contributed by atoms with Crippen molar-refractivity contribution in [1.82, 2.24) is 4.72 Å². The van der Waals surface area contributed by atoms with Crippen molar-refractivity contribution in [3.63, 3.8) is 0 Å². The van der Waals surface area contributed by atoms with Gasteiger partial charge < -0.3 is 4.74 Å². The highest BCUT2D eigenvalue weighted by Crippen LogP contribution is 1.89. The predicted octanol–water partition coefficient (Wildman–Crippen LogP) is 0.417. The zero-order valence-electron chi connectivity index (χ0n) is 5.64. The maximum atomic E-state index is 10.2. The molecule has 0 bridgehead atoms. The highest BCUT2D eigenvalue weighted by Gasteiger charge is 1.89. The summed E-state index contributed by atoms with van der Waals surface area (Å²) in [7, 11) is 1.83. The Bertz CT molecular complexity index is 87.0. The Morgan fingerprint density at radius 3 is 2.89 bits per heavy atom. The number of carbonyl (C=O) groups is 1. The normalized spacial score (nSPS) is 9.11. The summed E-state index contributed by atoms with van der Waals surface area (Å²) in [5, 5.41) is 0. The topological polar surface area (TPSA) is 38.3 Å². The molecule has 0 amide bonds. The summed E-state index contributed by atoms with van der Waals surface area (Å²) >= 11 is 1.52. The van der Waals surface area contributed by atoms with Crippen LogP contribution in [0.4, 0.5) is 0 Å². The third-order valence-corrected chi connectivity index (χ3v) is 1.29. The monoisotopic (exact) mass is 149 g/mol. The molecule has 0 aliphatic rings. The van der Waals surface area contributed by atoms with Crippen LogP contribution in [0.2, 0.25) is 0 Å². The van der Waals surface area contributed by atoms with E-state index in [2.05, 4.69) is 9.46 Å². The Morgan fingerprint density at radius 2 is 2.44 bits per heavy atom. The first kappa shape index (κ1) is 8.78. The van der Waals surface area contributed by atoms with Crippen LogP contribution in [0.3, 0.4) is 0 Å². The minimum Gasteiger partial charge on any atom is -0.465 e. The van der Waals surface area contributed by atoms with Crippen LogP contribution >= 0.6 is 11.9 Å². The van der Waals surface area contributed by atoms with E-state index in [0.29, 0.717) is 6.61 Å². The molecule has 54 valence electrons. The molecule has 0 saturated heterocycles. The quantitative estimate of drug-likeness (QED) is 0.357. The molecule has 9 heavy (non-hydrogen) atoms. The third-order valence-electron chi connectivity index (χ3n) is 0.635. The average Bonchev–Trinajstić information content (AvgIpc) is 1.80. The van der Waals surface area contributed by atoms with Crippen LogP contribution < -0.4 is 4.72 Å². The van der Waals surface area contributed by atoms with Crippen LogP contribution in [-0.4, -0.2) is 25.4 Å². The molecule has 0 radical (unpaired) electrons. The lowest BCUT2D eigenvalue weighted by atomic mass is 10.8. The van der Waals surface area contributed by atoms with Crippen molar-refractivity contribution in [3.8, 4) is 0 Å². The fraction of sp³-hybridized carbons (Fsp3) is 0.800. The predicted molar refractivity (Wildman–Crippen MR) is 38.2 cm³/mol. The molecule has 3 nitrogen and oxygen atoms in total. The molecule has 0 unspecified atom stereocenters. The molecular weight excluding hydrogens is 138 g/mol. The average molecular weight is 149 g/mol. The van der Waals surface area contributed by atoms with Gasteiger partial charge >= 0.3 is 5.97 Å². The van der Waals surface area contributed by atoms with Gasteiger partial charge in [-0.05, 0) is 7.05 Å². The molecule has 0 saturated carbocycles. The highest BCUT2D eigenvalue weighted by atomic mass is 32.2. The number of ether oxygens (including phenoxy) is 1. The Kier molecular flexibility index (Phi) is 5.76. The summed E-state index contributed by atoms with van der Waals surface area (Å²) in [4.78, 5) is 10.2. The lowest BCUT2D eigenvalue weighted by molar-refractivity contribution is -0.140. The van der Waals surface area contributed by atoms with E-state index in [1.165, 1.54) is 18.9 Å². The van der Waals surface area contributed by atoms with E-state index in [-0.39, 0.29) is 5.97 Å². The van der Waals surface area contributed by atoms with Crippen molar-refractivity contribution in [1.29, 1.82) is 0 Å². The molecule has 1 N–H and O–H groups in total. The van der Waals surface area contributed by atoms with Crippen LogP contribution in [0.1, 0.15) is 6.92 Å². The molecule has 0 aromatic heterocycles.